The molecule has 1 saturated heterocycles. The molecule has 0 aromatic carbocycles. The van der Waals surface area contributed by atoms with E-state index < -0.39 is 0 Å². The van der Waals surface area contributed by atoms with Gasteiger partial charge in [-0.3, -0.25) is 4.79 Å². The number of methoxy groups -OCH3 is 1. The molecule has 1 amide bonds. The highest BCUT2D eigenvalue weighted by Crippen LogP contribution is 2.19. The summed E-state index contributed by atoms with van der Waals surface area (Å²) in [5.41, 5.74) is 0. The predicted molar refractivity (Wildman–Crippen MR) is 53.0 cm³/mol. The monoisotopic (exact) mass is 198 g/mol. The van der Waals surface area contributed by atoms with Crippen LogP contribution < -0.4 is 10.6 Å². The van der Waals surface area contributed by atoms with Crippen molar-refractivity contribution in [1.82, 2.24) is 10.6 Å². The Labute approximate surface area is 84.4 Å². The molecule has 4 heteroatoms. The molecule has 0 bridgehead atoms. The first kappa shape index (κ1) is 9.93. The standard InChI is InChI=1S/C10H18N2O2/c1-14-8-5-9(11-6-8)10(13)12-7-3-2-4-7/h7-9,11H,2-6H2,1H3,(H,12,13)/t8-,9+/m0/s1. The number of ether oxygens (including phenoxy) is 1. The van der Waals surface area contributed by atoms with Gasteiger partial charge in [0.15, 0.2) is 0 Å². The molecule has 2 aliphatic rings. The molecule has 2 rings (SSSR count). The summed E-state index contributed by atoms with van der Waals surface area (Å²) in [6.45, 7) is 0.791. The van der Waals surface area contributed by atoms with Crippen molar-refractivity contribution in [1.29, 1.82) is 0 Å². The fraction of sp³-hybridized carbons (Fsp3) is 0.900. The molecule has 0 aromatic rings. The van der Waals surface area contributed by atoms with Crippen molar-refractivity contribution in [3.8, 4) is 0 Å². The van der Waals surface area contributed by atoms with Gasteiger partial charge in [-0.05, 0) is 25.7 Å². The van der Waals surface area contributed by atoms with Gasteiger partial charge in [-0.15, -0.1) is 0 Å². The van der Waals surface area contributed by atoms with Crippen LogP contribution in [0.25, 0.3) is 0 Å². The zero-order valence-electron chi connectivity index (χ0n) is 8.58. The Balaban J connectivity index is 1.74. The summed E-state index contributed by atoms with van der Waals surface area (Å²) in [5.74, 6) is 0.147. The molecule has 2 fully saturated rings. The summed E-state index contributed by atoms with van der Waals surface area (Å²) in [6.07, 6.45) is 4.55. The topological polar surface area (TPSA) is 50.4 Å². The second-order valence-corrected chi connectivity index (χ2v) is 4.19. The van der Waals surface area contributed by atoms with Crippen molar-refractivity contribution >= 4 is 5.91 Å². The zero-order valence-corrected chi connectivity index (χ0v) is 8.58. The SMILES string of the molecule is CO[C@@H]1CN[C@@H](C(=O)NC2CCC2)C1. The lowest BCUT2D eigenvalue weighted by Crippen LogP contribution is -2.47. The molecule has 2 atom stereocenters. The van der Waals surface area contributed by atoms with Crippen LogP contribution in [0.5, 0.6) is 0 Å². The molecule has 0 unspecified atom stereocenters. The highest BCUT2D eigenvalue weighted by Gasteiger charge is 2.31. The van der Waals surface area contributed by atoms with Crippen LogP contribution in [0.15, 0.2) is 0 Å². The van der Waals surface area contributed by atoms with Crippen molar-refractivity contribution in [3.05, 3.63) is 0 Å². The van der Waals surface area contributed by atoms with E-state index in [0.717, 1.165) is 25.8 Å². The van der Waals surface area contributed by atoms with Gasteiger partial charge in [-0.2, -0.15) is 0 Å². The van der Waals surface area contributed by atoms with Gasteiger partial charge in [0.1, 0.15) is 0 Å². The maximum Gasteiger partial charge on any atom is 0.237 e. The lowest BCUT2D eigenvalue weighted by molar-refractivity contribution is -0.124. The lowest BCUT2D eigenvalue weighted by atomic mass is 9.93. The largest absolute Gasteiger partial charge is 0.380 e. The fourth-order valence-corrected chi connectivity index (χ4v) is 1.94. The van der Waals surface area contributed by atoms with Crippen LogP contribution >= 0.6 is 0 Å². The summed E-state index contributed by atoms with van der Waals surface area (Å²) < 4.78 is 5.19. The molecule has 0 radical (unpaired) electrons. The van der Waals surface area contributed by atoms with Gasteiger partial charge in [-0.1, -0.05) is 0 Å². The Morgan fingerprint density at radius 1 is 1.50 bits per heavy atom. The van der Waals surface area contributed by atoms with Gasteiger partial charge in [0, 0.05) is 19.7 Å². The third kappa shape index (κ3) is 2.07. The molecule has 1 aliphatic heterocycles. The van der Waals surface area contributed by atoms with Gasteiger partial charge < -0.3 is 15.4 Å². The number of nitrogens with one attached hydrogen (secondary N) is 2. The summed E-state index contributed by atoms with van der Waals surface area (Å²) in [4.78, 5) is 11.7. The van der Waals surface area contributed by atoms with E-state index in [4.69, 9.17) is 4.74 Å². The smallest absolute Gasteiger partial charge is 0.237 e. The van der Waals surface area contributed by atoms with E-state index in [0.29, 0.717) is 6.04 Å². The highest BCUT2D eigenvalue weighted by atomic mass is 16.5. The second-order valence-electron chi connectivity index (χ2n) is 4.19. The molecule has 0 spiro atoms. The van der Waals surface area contributed by atoms with Crippen LogP contribution in [0.3, 0.4) is 0 Å². The van der Waals surface area contributed by atoms with E-state index >= 15 is 0 Å². The van der Waals surface area contributed by atoms with Gasteiger partial charge in [0.25, 0.3) is 0 Å². The van der Waals surface area contributed by atoms with E-state index in [1.807, 2.05) is 0 Å². The van der Waals surface area contributed by atoms with E-state index in [2.05, 4.69) is 10.6 Å². The summed E-state index contributed by atoms with van der Waals surface area (Å²) in [7, 11) is 1.69. The van der Waals surface area contributed by atoms with E-state index in [-0.39, 0.29) is 18.1 Å². The average molecular weight is 198 g/mol. The van der Waals surface area contributed by atoms with Crippen LogP contribution in [0, 0.1) is 0 Å². The van der Waals surface area contributed by atoms with Crippen LogP contribution in [0.2, 0.25) is 0 Å². The van der Waals surface area contributed by atoms with Gasteiger partial charge in [0.05, 0.1) is 12.1 Å². The Bertz CT molecular complexity index is 216. The fourth-order valence-electron chi connectivity index (χ4n) is 1.94. The summed E-state index contributed by atoms with van der Waals surface area (Å²) in [5, 5.41) is 6.22. The third-order valence-electron chi connectivity index (χ3n) is 3.19. The first-order valence-corrected chi connectivity index (χ1v) is 5.36. The highest BCUT2D eigenvalue weighted by molar-refractivity contribution is 5.82. The van der Waals surface area contributed by atoms with Crippen LogP contribution in [-0.2, 0) is 9.53 Å². The normalized spacial score (nSPS) is 32.6. The van der Waals surface area contributed by atoms with E-state index in [9.17, 15) is 4.79 Å². The van der Waals surface area contributed by atoms with E-state index in [1.54, 1.807) is 7.11 Å². The maximum atomic E-state index is 11.7. The molecular formula is C10H18N2O2. The molecule has 1 saturated carbocycles. The quantitative estimate of drug-likeness (QED) is 0.673. The predicted octanol–water partition coefficient (Wildman–Crippen LogP) is 0.0320. The molecule has 2 N–H and O–H groups in total. The Kier molecular flexibility index (Phi) is 3.03. The van der Waals surface area contributed by atoms with Gasteiger partial charge in [0.2, 0.25) is 5.91 Å². The number of amides is 1. The third-order valence-corrected chi connectivity index (χ3v) is 3.19. The molecule has 1 heterocycles. The van der Waals surface area contributed by atoms with Gasteiger partial charge >= 0.3 is 0 Å². The summed E-state index contributed by atoms with van der Waals surface area (Å²) in [6, 6.07) is 0.395. The Hall–Kier alpha value is -0.610. The number of hydrogen-bond acceptors (Lipinski definition) is 3. The molecular weight excluding hydrogens is 180 g/mol. The van der Waals surface area contributed by atoms with Crippen molar-refractivity contribution in [2.75, 3.05) is 13.7 Å². The minimum atomic E-state index is -0.0412. The van der Waals surface area contributed by atoms with E-state index in [1.165, 1.54) is 6.42 Å². The molecule has 0 aromatic heterocycles. The first-order valence-electron chi connectivity index (χ1n) is 5.36. The molecule has 14 heavy (non-hydrogen) atoms. The maximum absolute atomic E-state index is 11.7. The lowest BCUT2D eigenvalue weighted by Gasteiger charge is -2.27. The zero-order chi connectivity index (χ0) is 9.97. The second kappa shape index (κ2) is 4.28. The van der Waals surface area contributed by atoms with Crippen LogP contribution in [0.4, 0.5) is 0 Å². The average Bonchev–Trinajstić information content (AvgIpc) is 2.59. The molecule has 4 nitrogen and oxygen atoms in total. The van der Waals surface area contributed by atoms with Crippen LogP contribution in [0.1, 0.15) is 25.7 Å². The minimum Gasteiger partial charge on any atom is -0.380 e. The van der Waals surface area contributed by atoms with Crippen LogP contribution in [-0.4, -0.2) is 37.7 Å². The number of hydrogen-bond donors (Lipinski definition) is 2. The number of rotatable bonds is 3. The van der Waals surface area contributed by atoms with Crippen molar-refractivity contribution in [2.24, 2.45) is 0 Å². The number of carbonyl (C=O) groups excluding carboxylic acids is 1. The van der Waals surface area contributed by atoms with Crippen molar-refractivity contribution in [2.45, 2.75) is 43.9 Å². The number of carbonyl (C=O) groups is 1. The van der Waals surface area contributed by atoms with Crippen molar-refractivity contribution < 1.29 is 9.53 Å². The molecule has 1 aliphatic carbocycles. The molecule has 80 valence electrons. The van der Waals surface area contributed by atoms with Crippen molar-refractivity contribution in [3.63, 3.8) is 0 Å². The Morgan fingerprint density at radius 2 is 2.29 bits per heavy atom. The Morgan fingerprint density at radius 3 is 2.79 bits per heavy atom. The first-order chi connectivity index (χ1) is 6.79. The summed E-state index contributed by atoms with van der Waals surface area (Å²) >= 11 is 0. The minimum absolute atomic E-state index is 0.0412. The van der Waals surface area contributed by atoms with Gasteiger partial charge in [-0.25, -0.2) is 0 Å².